The second-order valence-electron chi connectivity index (χ2n) is 7.77. The highest BCUT2D eigenvalue weighted by Gasteiger charge is 2.25. The SMILES string of the molecule is CC(C)(C)C(=O)NCC1CCCN(c2ccnc3cc(Br)cnc23)C1. The average molecular weight is 405 g/mol. The summed E-state index contributed by atoms with van der Waals surface area (Å²) < 4.78 is 0.936. The maximum Gasteiger partial charge on any atom is 0.225 e. The van der Waals surface area contributed by atoms with Crippen LogP contribution in [0.15, 0.2) is 29.0 Å². The van der Waals surface area contributed by atoms with Crippen LogP contribution in [0.2, 0.25) is 0 Å². The summed E-state index contributed by atoms with van der Waals surface area (Å²) in [6, 6.07) is 4.04. The molecule has 25 heavy (non-hydrogen) atoms. The van der Waals surface area contributed by atoms with Crippen molar-refractivity contribution in [3.8, 4) is 0 Å². The van der Waals surface area contributed by atoms with Crippen LogP contribution in [-0.2, 0) is 4.79 Å². The molecule has 1 aliphatic rings. The molecule has 1 unspecified atom stereocenters. The Morgan fingerprint density at radius 2 is 2.20 bits per heavy atom. The van der Waals surface area contributed by atoms with Gasteiger partial charge in [0.25, 0.3) is 0 Å². The summed E-state index contributed by atoms with van der Waals surface area (Å²) in [5, 5.41) is 3.11. The third kappa shape index (κ3) is 4.29. The van der Waals surface area contributed by atoms with E-state index in [1.165, 1.54) is 0 Å². The zero-order valence-electron chi connectivity index (χ0n) is 15.1. The molecule has 0 saturated carbocycles. The number of aromatic nitrogens is 2. The Balaban J connectivity index is 1.73. The Bertz CT molecular complexity index is 772. The number of rotatable bonds is 3. The normalized spacial score (nSPS) is 18.4. The molecule has 2 aromatic rings. The van der Waals surface area contributed by atoms with Gasteiger partial charge in [-0.3, -0.25) is 14.8 Å². The predicted octanol–water partition coefficient (Wildman–Crippen LogP) is 3.77. The molecule has 1 aliphatic heterocycles. The molecule has 2 aromatic heterocycles. The zero-order valence-corrected chi connectivity index (χ0v) is 16.6. The first-order chi connectivity index (χ1) is 11.8. The van der Waals surface area contributed by atoms with Crippen LogP contribution < -0.4 is 10.2 Å². The van der Waals surface area contributed by atoms with Gasteiger partial charge in [0.15, 0.2) is 0 Å². The van der Waals surface area contributed by atoms with Crippen LogP contribution in [0.4, 0.5) is 5.69 Å². The predicted molar refractivity (Wildman–Crippen MR) is 105 cm³/mol. The number of fused-ring (bicyclic) bond motifs is 1. The number of amides is 1. The summed E-state index contributed by atoms with van der Waals surface area (Å²) in [4.78, 5) is 23.5. The van der Waals surface area contributed by atoms with Crippen LogP contribution in [-0.4, -0.2) is 35.5 Å². The van der Waals surface area contributed by atoms with Gasteiger partial charge in [0, 0.05) is 41.9 Å². The van der Waals surface area contributed by atoms with Gasteiger partial charge in [-0.2, -0.15) is 0 Å². The van der Waals surface area contributed by atoms with Crippen LogP contribution >= 0.6 is 15.9 Å². The van der Waals surface area contributed by atoms with Crippen molar-refractivity contribution in [1.29, 1.82) is 0 Å². The molecule has 0 radical (unpaired) electrons. The van der Waals surface area contributed by atoms with E-state index in [2.05, 4.69) is 36.1 Å². The van der Waals surface area contributed by atoms with E-state index in [0.717, 1.165) is 53.7 Å². The topological polar surface area (TPSA) is 58.1 Å². The number of hydrogen-bond donors (Lipinski definition) is 1. The van der Waals surface area contributed by atoms with Crippen molar-refractivity contribution in [3.63, 3.8) is 0 Å². The molecule has 6 heteroatoms. The monoisotopic (exact) mass is 404 g/mol. The molecule has 3 rings (SSSR count). The van der Waals surface area contributed by atoms with Crippen molar-refractivity contribution in [1.82, 2.24) is 15.3 Å². The van der Waals surface area contributed by atoms with Crippen LogP contribution in [0.25, 0.3) is 11.0 Å². The Hall–Kier alpha value is -1.69. The summed E-state index contributed by atoms with van der Waals surface area (Å²) in [6.07, 6.45) is 5.93. The number of carbonyl (C=O) groups excluding carboxylic acids is 1. The van der Waals surface area contributed by atoms with E-state index in [1.54, 1.807) is 0 Å². The lowest BCUT2D eigenvalue weighted by molar-refractivity contribution is -0.128. The minimum atomic E-state index is -0.340. The van der Waals surface area contributed by atoms with E-state index in [-0.39, 0.29) is 11.3 Å². The molecule has 3 heterocycles. The lowest BCUT2D eigenvalue weighted by Crippen LogP contribution is -2.43. The van der Waals surface area contributed by atoms with Gasteiger partial charge in [0.05, 0.1) is 11.2 Å². The molecular weight excluding hydrogens is 380 g/mol. The Morgan fingerprint density at radius 3 is 2.96 bits per heavy atom. The first kappa shape index (κ1) is 18.1. The highest BCUT2D eigenvalue weighted by molar-refractivity contribution is 9.10. The molecule has 1 atom stereocenters. The number of anilines is 1. The third-order valence-corrected chi connectivity index (χ3v) is 5.05. The molecule has 0 bridgehead atoms. The average Bonchev–Trinajstić information content (AvgIpc) is 2.58. The largest absolute Gasteiger partial charge is 0.369 e. The van der Waals surface area contributed by atoms with Gasteiger partial charge >= 0.3 is 0 Å². The van der Waals surface area contributed by atoms with Gasteiger partial charge in [-0.1, -0.05) is 20.8 Å². The van der Waals surface area contributed by atoms with Crippen molar-refractivity contribution in [2.45, 2.75) is 33.6 Å². The summed E-state index contributed by atoms with van der Waals surface area (Å²) in [7, 11) is 0. The van der Waals surface area contributed by atoms with Gasteiger partial charge in [-0.25, -0.2) is 0 Å². The first-order valence-corrected chi connectivity index (χ1v) is 9.57. The van der Waals surface area contributed by atoms with Crippen molar-refractivity contribution >= 4 is 38.6 Å². The number of halogens is 1. The highest BCUT2D eigenvalue weighted by Crippen LogP contribution is 2.29. The lowest BCUT2D eigenvalue weighted by Gasteiger charge is -2.35. The van der Waals surface area contributed by atoms with E-state index >= 15 is 0 Å². The standard InChI is InChI=1S/C19H25BrN4O/c1-19(2,3)18(25)23-10-13-5-4-8-24(12-13)16-6-7-21-15-9-14(20)11-22-17(15)16/h6-7,9,11,13H,4-5,8,10,12H2,1-3H3,(H,23,25). The molecule has 1 saturated heterocycles. The molecule has 0 spiro atoms. The summed E-state index contributed by atoms with van der Waals surface area (Å²) >= 11 is 3.46. The maximum absolute atomic E-state index is 12.1. The molecule has 134 valence electrons. The molecular formula is C19H25BrN4O. The van der Waals surface area contributed by atoms with E-state index in [4.69, 9.17) is 0 Å². The molecule has 0 aromatic carbocycles. The minimum absolute atomic E-state index is 0.116. The fourth-order valence-corrected chi connectivity index (χ4v) is 3.52. The number of carbonyl (C=O) groups is 1. The van der Waals surface area contributed by atoms with Crippen molar-refractivity contribution in [2.24, 2.45) is 11.3 Å². The molecule has 5 nitrogen and oxygen atoms in total. The smallest absolute Gasteiger partial charge is 0.225 e. The second kappa shape index (κ2) is 7.28. The van der Waals surface area contributed by atoms with Crippen LogP contribution in [0.1, 0.15) is 33.6 Å². The molecule has 0 aliphatic carbocycles. The lowest BCUT2D eigenvalue weighted by atomic mass is 9.94. The van der Waals surface area contributed by atoms with Crippen molar-refractivity contribution in [2.75, 3.05) is 24.5 Å². The molecule has 1 amide bonds. The Labute approximate surface area is 157 Å². The number of nitrogens with zero attached hydrogens (tertiary/aromatic N) is 3. The number of piperidine rings is 1. The second-order valence-corrected chi connectivity index (χ2v) is 8.68. The summed E-state index contributed by atoms with van der Waals surface area (Å²) in [5.74, 6) is 0.573. The van der Waals surface area contributed by atoms with Crippen LogP contribution in [0.5, 0.6) is 0 Å². The quantitative estimate of drug-likeness (QED) is 0.845. The summed E-state index contributed by atoms with van der Waals surface area (Å²) in [5.41, 5.74) is 2.62. The molecule has 1 N–H and O–H groups in total. The fraction of sp³-hybridized carbons (Fsp3) is 0.526. The third-order valence-electron chi connectivity index (χ3n) is 4.62. The minimum Gasteiger partial charge on any atom is -0.369 e. The maximum atomic E-state index is 12.1. The van der Waals surface area contributed by atoms with E-state index in [9.17, 15) is 4.79 Å². The Morgan fingerprint density at radius 1 is 1.40 bits per heavy atom. The van der Waals surface area contributed by atoms with Gasteiger partial charge in [-0.05, 0) is 46.8 Å². The Kier molecular flexibility index (Phi) is 5.27. The number of hydrogen-bond acceptors (Lipinski definition) is 4. The molecule has 1 fully saturated rings. The van der Waals surface area contributed by atoms with E-state index in [0.29, 0.717) is 5.92 Å². The van der Waals surface area contributed by atoms with Gasteiger partial charge in [-0.15, -0.1) is 0 Å². The highest BCUT2D eigenvalue weighted by atomic mass is 79.9. The van der Waals surface area contributed by atoms with Gasteiger partial charge < -0.3 is 10.2 Å². The van der Waals surface area contributed by atoms with Gasteiger partial charge in [0.2, 0.25) is 5.91 Å². The van der Waals surface area contributed by atoms with Gasteiger partial charge in [0.1, 0.15) is 5.52 Å². The first-order valence-electron chi connectivity index (χ1n) is 8.78. The zero-order chi connectivity index (χ0) is 18.0. The van der Waals surface area contributed by atoms with E-state index < -0.39 is 0 Å². The fourth-order valence-electron chi connectivity index (χ4n) is 3.20. The van der Waals surface area contributed by atoms with Crippen LogP contribution in [0.3, 0.4) is 0 Å². The summed E-state index contributed by atoms with van der Waals surface area (Å²) in [6.45, 7) is 8.52. The number of nitrogens with one attached hydrogen (secondary N) is 1. The van der Waals surface area contributed by atoms with E-state index in [1.807, 2.05) is 45.3 Å². The number of pyridine rings is 2. The van der Waals surface area contributed by atoms with Crippen molar-refractivity contribution < 1.29 is 4.79 Å². The van der Waals surface area contributed by atoms with Crippen molar-refractivity contribution in [3.05, 3.63) is 29.0 Å². The van der Waals surface area contributed by atoms with Crippen LogP contribution in [0, 0.1) is 11.3 Å².